The van der Waals surface area contributed by atoms with E-state index in [1.165, 1.54) is 0 Å². The highest BCUT2D eigenvalue weighted by Gasteiger charge is 2.02. The van der Waals surface area contributed by atoms with Crippen LogP contribution in [0.3, 0.4) is 0 Å². The Hall–Kier alpha value is -2.56. The quantitative estimate of drug-likeness (QED) is 0.789. The molecule has 2 heterocycles. The van der Waals surface area contributed by atoms with Crippen molar-refractivity contribution >= 4 is 5.82 Å². The van der Waals surface area contributed by atoms with E-state index in [0.717, 1.165) is 17.1 Å². The lowest BCUT2D eigenvalue weighted by molar-refractivity contribution is 0.713. The van der Waals surface area contributed by atoms with E-state index in [1.54, 1.807) is 4.68 Å². The van der Waals surface area contributed by atoms with Gasteiger partial charge >= 0.3 is 0 Å². The van der Waals surface area contributed by atoms with Gasteiger partial charge in [-0.1, -0.05) is 32.0 Å². The minimum atomic E-state index is 0.547. The number of rotatable bonds is 2. The number of hydrogen-bond donors (Lipinski definition) is 1. The molecule has 0 bridgehead atoms. The van der Waals surface area contributed by atoms with Gasteiger partial charge < -0.3 is 5.73 Å². The smallest absolute Gasteiger partial charge is 0.127 e. The summed E-state index contributed by atoms with van der Waals surface area (Å²) < 4.78 is 3.56. The molecule has 22 heavy (non-hydrogen) atoms. The zero-order chi connectivity index (χ0) is 16.1. The third-order valence-electron chi connectivity index (χ3n) is 3.19. The van der Waals surface area contributed by atoms with E-state index in [9.17, 15) is 0 Å². The Labute approximate surface area is 131 Å². The molecule has 1 aromatic carbocycles. The predicted octanol–water partition coefficient (Wildman–Crippen LogP) is 3.31. The van der Waals surface area contributed by atoms with Gasteiger partial charge in [-0.15, -0.1) is 0 Å². The Morgan fingerprint density at radius 3 is 2.14 bits per heavy atom. The number of para-hydroxylation sites is 1. The minimum absolute atomic E-state index is 0.547. The highest BCUT2D eigenvalue weighted by molar-refractivity contribution is 5.42. The molecule has 0 fully saturated rings. The number of benzene rings is 1. The zero-order valence-corrected chi connectivity index (χ0v) is 13.6. The predicted molar refractivity (Wildman–Crippen MR) is 90.0 cm³/mol. The third kappa shape index (κ3) is 3.97. The van der Waals surface area contributed by atoms with Crippen molar-refractivity contribution in [3.8, 4) is 5.69 Å². The largest absolute Gasteiger partial charge is 0.384 e. The number of anilines is 1. The van der Waals surface area contributed by atoms with Gasteiger partial charge in [0.1, 0.15) is 5.82 Å². The average molecular weight is 297 g/mol. The van der Waals surface area contributed by atoms with Crippen LogP contribution in [0.25, 0.3) is 5.69 Å². The van der Waals surface area contributed by atoms with Gasteiger partial charge in [-0.3, -0.25) is 4.68 Å². The summed E-state index contributed by atoms with van der Waals surface area (Å²) in [6, 6.07) is 13.7. The maximum Gasteiger partial charge on any atom is 0.127 e. The summed E-state index contributed by atoms with van der Waals surface area (Å²) in [6.07, 6.45) is 1.97. The maximum atomic E-state index is 5.77. The molecular formula is C17H23N5. The number of nitrogens with two attached hydrogens (primary N) is 1. The molecule has 2 aromatic heterocycles. The fourth-order valence-electron chi connectivity index (χ4n) is 2.04. The number of aryl methyl sites for hydroxylation is 2. The van der Waals surface area contributed by atoms with Crippen molar-refractivity contribution in [1.82, 2.24) is 19.6 Å². The summed E-state index contributed by atoms with van der Waals surface area (Å²) in [4.78, 5) is 0. The second-order valence-electron chi connectivity index (χ2n) is 5.53. The zero-order valence-electron chi connectivity index (χ0n) is 13.6. The molecule has 116 valence electrons. The lowest BCUT2D eigenvalue weighted by Crippen LogP contribution is -2.00. The van der Waals surface area contributed by atoms with Gasteiger partial charge in [0, 0.05) is 19.3 Å². The van der Waals surface area contributed by atoms with E-state index in [-0.39, 0.29) is 0 Å². The van der Waals surface area contributed by atoms with Crippen LogP contribution in [0.2, 0.25) is 0 Å². The Morgan fingerprint density at radius 1 is 1.05 bits per heavy atom. The SMILES string of the molecule is CC(C)c1ccn(C)n1.Cc1cc(N)n(-c2ccccc2)n1. The first kappa shape index (κ1) is 15.8. The van der Waals surface area contributed by atoms with Crippen molar-refractivity contribution < 1.29 is 0 Å². The molecule has 0 saturated heterocycles. The standard InChI is InChI=1S/C10H11N3.C7H12N2/c1-8-7-10(11)13(12-8)9-5-3-2-4-6-9;1-6(2)7-4-5-9(3)8-7/h2-7H,11H2,1H3;4-6H,1-3H3. The number of nitrogen functional groups attached to an aromatic ring is 1. The molecule has 0 spiro atoms. The highest BCUT2D eigenvalue weighted by atomic mass is 15.3. The van der Waals surface area contributed by atoms with E-state index >= 15 is 0 Å². The maximum absolute atomic E-state index is 5.77. The first-order chi connectivity index (χ1) is 10.5. The lowest BCUT2D eigenvalue weighted by Gasteiger charge is -2.01. The molecule has 5 nitrogen and oxygen atoms in total. The van der Waals surface area contributed by atoms with Crippen molar-refractivity contribution in [1.29, 1.82) is 0 Å². The monoisotopic (exact) mass is 297 g/mol. The van der Waals surface area contributed by atoms with Gasteiger partial charge in [-0.2, -0.15) is 10.2 Å². The van der Waals surface area contributed by atoms with Crippen LogP contribution in [0.1, 0.15) is 31.2 Å². The van der Waals surface area contributed by atoms with Crippen LogP contribution in [0.4, 0.5) is 5.82 Å². The molecule has 0 aliphatic heterocycles. The van der Waals surface area contributed by atoms with Crippen LogP contribution >= 0.6 is 0 Å². The van der Waals surface area contributed by atoms with Gasteiger partial charge in [0.2, 0.25) is 0 Å². The molecule has 3 rings (SSSR count). The Kier molecular flexibility index (Phi) is 4.99. The average Bonchev–Trinajstić information content (AvgIpc) is 3.06. The van der Waals surface area contributed by atoms with Crippen LogP contribution in [-0.4, -0.2) is 19.6 Å². The third-order valence-corrected chi connectivity index (χ3v) is 3.19. The number of nitrogens with zero attached hydrogens (tertiary/aromatic N) is 4. The van der Waals surface area contributed by atoms with Crippen molar-refractivity contribution in [2.45, 2.75) is 26.7 Å². The van der Waals surface area contributed by atoms with Crippen molar-refractivity contribution in [2.75, 3.05) is 5.73 Å². The summed E-state index contributed by atoms with van der Waals surface area (Å²) in [7, 11) is 1.94. The molecule has 0 unspecified atom stereocenters. The van der Waals surface area contributed by atoms with Gasteiger partial charge in [-0.25, -0.2) is 4.68 Å². The fourth-order valence-corrected chi connectivity index (χ4v) is 2.04. The van der Waals surface area contributed by atoms with Gasteiger partial charge in [0.15, 0.2) is 0 Å². The second-order valence-corrected chi connectivity index (χ2v) is 5.53. The van der Waals surface area contributed by atoms with Crippen LogP contribution in [0.5, 0.6) is 0 Å². The van der Waals surface area contributed by atoms with Gasteiger partial charge in [0.05, 0.1) is 17.1 Å². The first-order valence-corrected chi connectivity index (χ1v) is 7.34. The van der Waals surface area contributed by atoms with Crippen molar-refractivity contribution in [2.24, 2.45) is 7.05 Å². The normalized spacial score (nSPS) is 10.4. The molecule has 0 radical (unpaired) electrons. The van der Waals surface area contributed by atoms with Crippen LogP contribution < -0.4 is 5.73 Å². The Bertz CT molecular complexity index is 710. The molecule has 0 aliphatic carbocycles. The van der Waals surface area contributed by atoms with E-state index in [1.807, 2.05) is 67.3 Å². The highest BCUT2D eigenvalue weighted by Crippen LogP contribution is 2.13. The van der Waals surface area contributed by atoms with Gasteiger partial charge in [0.25, 0.3) is 0 Å². The molecule has 0 aliphatic rings. The lowest BCUT2D eigenvalue weighted by atomic mass is 10.1. The second kappa shape index (κ2) is 6.93. The van der Waals surface area contributed by atoms with E-state index < -0.39 is 0 Å². The first-order valence-electron chi connectivity index (χ1n) is 7.34. The minimum Gasteiger partial charge on any atom is -0.384 e. The summed E-state index contributed by atoms with van der Waals surface area (Å²) in [5, 5.41) is 8.50. The molecule has 0 amide bonds. The van der Waals surface area contributed by atoms with Gasteiger partial charge in [-0.05, 0) is 31.0 Å². The summed E-state index contributed by atoms with van der Waals surface area (Å²) >= 11 is 0. The molecule has 3 aromatic rings. The van der Waals surface area contributed by atoms with Crippen molar-refractivity contribution in [3.63, 3.8) is 0 Å². The summed E-state index contributed by atoms with van der Waals surface area (Å²) in [5.74, 6) is 1.22. The number of hydrogen-bond acceptors (Lipinski definition) is 3. The summed E-state index contributed by atoms with van der Waals surface area (Å²) in [5.41, 5.74) is 8.86. The van der Waals surface area contributed by atoms with E-state index in [0.29, 0.717) is 11.7 Å². The molecule has 0 atom stereocenters. The molecule has 5 heteroatoms. The Morgan fingerprint density at radius 2 is 1.73 bits per heavy atom. The van der Waals surface area contributed by atoms with Crippen LogP contribution in [0.15, 0.2) is 48.7 Å². The van der Waals surface area contributed by atoms with Crippen LogP contribution in [-0.2, 0) is 7.05 Å². The van der Waals surface area contributed by atoms with E-state index in [2.05, 4.69) is 24.0 Å². The topological polar surface area (TPSA) is 61.7 Å². The van der Waals surface area contributed by atoms with Crippen molar-refractivity contribution in [3.05, 3.63) is 60.0 Å². The molecule has 2 N–H and O–H groups in total. The fraction of sp³-hybridized carbons (Fsp3) is 0.294. The number of aromatic nitrogens is 4. The molecule has 0 saturated carbocycles. The van der Waals surface area contributed by atoms with E-state index in [4.69, 9.17) is 5.73 Å². The van der Waals surface area contributed by atoms with Crippen LogP contribution in [0, 0.1) is 6.92 Å². The Balaban J connectivity index is 0.000000172. The molecular weight excluding hydrogens is 274 g/mol. The summed E-state index contributed by atoms with van der Waals surface area (Å²) in [6.45, 7) is 6.21.